The van der Waals surface area contributed by atoms with Crippen LogP contribution in [-0.4, -0.2) is 22.8 Å². The van der Waals surface area contributed by atoms with Gasteiger partial charge in [0.15, 0.2) is 0 Å². The van der Waals surface area contributed by atoms with Crippen LogP contribution < -0.4 is 10.6 Å². The van der Waals surface area contributed by atoms with E-state index in [1.54, 1.807) is 0 Å². The van der Waals surface area contributed by atoms with Crippen molar-refractivity contribution in [1.82, 2.24) is 15.5 Å². The second-order valence-electron chi connectivity index (χ2n) is 4.32. The molecular weight excluding hydrogens is 216 g/mol. The fourth-order valence-corrected chi connectivity index (χ4v) is 1.60. The molecule has 0 fully saturated rings. The van der Waals surface area contributed by atoms with Crippen molar-refractivity contribution >= 4 is 6.01 Å². The lowest BCUT2D eigenvalue weighted by Gasteiger charge is -2.10. The van der Waals surface area contributed by atoms with Gasteiger partial charge in [0.1, 0.15) is 0 Å². The molecule has 0 amide bonds. The number of unbranched alkanes of at least 4 members (excludes halogenated alkanes) is 2. The van der Waals surface area contributed by atoms with Crippen LogP contribution in [0.25, 0.3) is 0 Å². The average molecular weight is 240 g/mol. The first-order valence-electron chi connectivity index (χ1n) is 6.55. The number of rotatable bonds is 9. The molecule has 98 valence electrons. The van der Waals surface area contributed by atoms with E-state index >= 15 is 0 Å². The Balaban J connectivity index is 2.27. The Morgan fingerprint density at radius 2 is 2.06 bits per heavy atom. The number of anilines is 1. The van der Waals surface area contributed by atoms with E-state index in [1.165, 1.54) is 19.3 Å². The predicted octanol–water partition coefficient (Wildman–Crippen LogP) is 2.56. The fourth-order valence-electron chi connectivity index (χ4n) is 1.60. The molecule has 1 aromatic heterocycles. The van der Waals surface area contributed by atoms with Gasteiger partial charge in [-0.25, -0.2) is 0 Å². The van der Waals surface area contributed by atoms with Gasteiger partial charge in [-0.3, -0.25) is 0 Å². The molecule has 0 spiro atoms. The van der Waals surface area contributed by atoms with Crippen LogP contribution in [-0.2, 0) is 6.54 Å². The summed E-state index contributed by atoms with van der Waals surface area (Å²) in [7, 11) is 0. The van der Waals surface area contributed by atoms with Crippen molar-refractivity contribution in [2.45, 2.75) is 59.0 Å². The van der Waals surface area contributed by atoms with Crippen molar-refractivity contribution in [3.8, 4) is 0 Å². The first kappa shape index (κ1) is 14.0. The van der Waals surface area contributed by atoms with Crippen LogP contribution in [0.3, 0.4) is 0 Å². The third kappa shape index (κ3) is 5.68. The summed E-state index contributed by atoms with van der Waals surface area (Å²) in [4.78, 5) is 0. The van der Waals surface area contributed by atoms with Crippen LogP contribution in [0.4, 0.5) is 6.01 Å². The number of nitrogens with one attached hydrogen (secondary N) is 2. The van der Waals surface area contributed by atoms with Crippen molar-refractivity contribution in [3.05, 3.63) is 5.89 Å². The molecule has 0 aliphatic heterocycles. The van der Waals surface area contributed by atoms with Crippen molar-refractivity contribution < 1.29 is 4.42 Å². The first-order chi connectivity index (χ1) is 8.26. The van der Waals surface area contributed by atoms with E-state index in [2.05, 4.69) is 34.7 Å². The molecule has 2 N–H and O–H groups in total. The van der Waals surface area contributed by atoms with E-state index in [0.29, 0.717) is 24.5 Å². The number of hydrogen-bond acceptors (Lipinski definition) is 5. The van der Waals surface area contributed by atoms with Gasteiger partial charge in [0, 0.05) is 6.04 Å². The maximum atomic E-state index is 5.47. The summed E-state index contributed by atoms with van der Waals surface area (Å²) < 4.78 is 5.47. The summed E-state index contributed by atoms with van der Waals surface area (Å²) in [5.74, 6) is 0.634. The van der Waals surface area contributed by atoms with Crippen molar-refractivity contribution in [3.63, 3.8) is 0 Å². The number of hydrogen-bond donors (Lipinski definition) is 2. The topological polar surface area (TPSA) is 63.0 Å². The second-order valence-corrected chi connectivity index (χ2v) is 4.32. The zero-order chi connectivity index (χ0) is 12.5. The summed E-state index contributed by atoms with van der Waals surface area (Å²) in [6.07, 6.45) is 4.91. The third-order valence-corrected chi connectivity index (χ3v) is 2.60. The SMILES string of the molecule is CCCCCC(C)Nc1nnc(CNCC)o1. The van der Waals surface area contributed by atoms with Gasteiger partial charge in [-0.1, -0.05) is 38.2 Å². The normalized spacial score (nSPS) is 12.6. The molecule has 0 radical (unpaired) electrons. The standard InChI is InChI=1S/C12H24N4O/c1-4-6-7-8-10(3)14-12-16-15-11(17-12)9-13-5-2/h10,13H,4-9H2,1-3H3,(H,14,16). The fraction of sp³-hybridized carbons (Fsp3) is 0.833. The van der Waals surface area contributed by atoms with Crippen molar-refractivity contribution in [2.24, 2.45) is 0 Å². The van der Waals surface area contributed by atoms with Gasteiger partial charge in [-0.2, -0.15) is 0 Å². The molecule has 5 nitrogen and oxygen atoms in total. The average Bonchev–Trinajstić information content (AvgIpc) is 2.74. The van der Waals surface area contributed by atoms with Gasteiger partial charge in [0.2, 0.25) is 5.89 Å². The van der Waals surface area contributed by atoms with Crippen LogP contribution >= 0.6 is 0 Å². The maximum Gasteiger partial charge on any atom is 0.315 e. The zero-order valence-corrected chi connectivity index (χ0v) is 11.1. The molecule has 0 saturated heterocycles. The highest BCUT2D eigenvalue weighted by Crippen LogP contribution is 2.10. The van der Waals surface area contributed by atoms with Gasteiger partial charge >= 0.3 is 6.01 Å². The van der Waals surface area contributed by atoms with Crippen LogP contribution in [0.1, 0.15) is 52.3 Å². The molecule has 0 saturated carbocycles. The monoisotopic (exact) mass is 240 g/mol. The van der Waals surface area contributed by atoms with Crippen LogP contribution in [0, 0.1) is 0 Å². The summed E-state index contributed by atoms with van der Waals surface area (Å²) >= 11 is 0. The minimum Gasteiger partial charge on any atom is -0.407 e. The largest absolute Gasteiger partial charge is 0.407 e. The highest BCUT2D eigenvalue weighted by molar-refractivity contribution is 5.18. The minimum atomic E-state index is 0.383. The molecule has 1 unspecified atom stereocenters. The number of aromatic nitrogens is 2. The summed E-state index contributed by atoms with van der Waals surface area (Å²) in [5, 5.41) is 14.3. The maximum absolute atomic E-state index is 5.47. The minimum absolute atomic E-state index is 0.383. The summed E-state index contributed by atoms with van der Waals surface area (Å²) in [6, 6.07) is 0.913. The molecule has 0 aromatic carbocycles. The Morgan fingerprint density at radius 1 is 1.24 bits per heavy atom. The third-order valence-electron chi connectivity index (χ3n) is 2.60. The molecule has 1 heterocycles. The van der Waals surface area contributed by atoms with Gasteiger partial charge in [0.25, 0.3) is 0 Å². The first-order valence-corrected chi connectivity index (χ1v) is 6.55. The molecule has 1 aromatic rings. The van der Waals surface area contributed by atoms with Crippen LogP contribution in [0.5, 0.6) is 0 Å². The van der Waals surface area contributed by atoms with E-state index < -0.39 is 0 Å². The van der Waals surface area contributed by atoms with Gasteiger partial charge in [-0.15, -0.1) is 5.10 Å². The molecule has 1 rings (SSSR count). The highest BCUT2D eigenvalue weighted by atomic mass is 16.4. The van der Waals surface area contributed by atoms with E-state index in [4.69, 9.17) is 4.42 Å². The zero-order valence-electron chi connectivity index (χ0n) is 11.1. The van der Waals surface area contributed by atoms with E-state index in [0.717, 1.165) is 13.0 Å². The molecule has 0 aliphatic carbocycles. The molecule has 1 atom stereocenters. The van der Waals surface area contributed by atoms with E-state index in [9.17, 15) is 0 Å². The van der Waals surface area contributed by atoms with E-state index in [1.807, 2.05) is 6.92 Å². The Kier molecular flexibility index (Phi) is 6.62. The highest BCUT2D eigenvalue weighted by Gasteiger charge is 2.08. The summed E-state index contributed by atoms with van der Waals surface area (Å²) in [6.45, 7) is 7.94. The smallest absolute Gasteiger partial charge is 0.315 e. The van der Waals surface area contributed by atoms with Crippen molar-refractivity contribution in [2.75, 3.05) is 11.9 Å². The second kappa shape index (κ2) is 8.06. The number of nitrogens with zero attached hydrogens (tertiary/aromatic N) is 2. The lowest BCUT2D eigenvalue weighted by Crippen LogP contribution is -2.15. The Bertz CT molecular complexity index is 300. The van der Waals surface area contributed by atoms with Crippen molar-refractivity contribution in [1.29, 1.82) is 0 Å². The Labute approximate surface area is 103 Å². The van der Waals surface area contributed by atoms with Crippen LogP contribution in [0.2, 0.25) is 0 Å². The summed E-state index contributed by atoms with van der Waals surface area (Å²) in [5.41, 5.74) is 0. The lowest BCUT2D eigenvalue weighted by atomic mass is 10.1. The predicted molar refractivity (Wildman–Crippen MR) is 68.9 cm³/mol. The van der Waals surface area contributed by atoms with E-state index in [-0.39, 0.29) is 0 Å². The van der Waals surface area contributed by atoms with Gasteiger partial charge in [-0.05, 0) is 19.9 Å². The lowest BCUT2D eigenvalue weighted by molar-refractivity contribution is 0.474. The van der Waals surface area contributed by atoms with Gasteiger partial charge in [0.05, 0.1) is 6.54 Å². The molecule has 5 heteroatoms. The molecule has 17 heavy (non-hydrogen) atoms. The Hall–Kier alpha value is -1.10. The Morgan fingerprint density at radius 3 is 2.76 bits per heavy atom. The van der Waals surface area contributed by atoms with Gasteiger partial charge < -0.3 is 15.1 Å². The molecule has 0 aliphatic rings. The van der Waals surface area contributed by atoms with Crippen LogP contribution in [0.15, 0.2) is 4.42 Å². The molecular formula is C12H24N4O. The molecule has 0 bridgehead atoms. The quantitative estimate of drug-likeness (QED) is 0.649.